The van der Waals surface area contributed by atoms with Crippen LogP contribution in [0.4, 0.5) is 5.13 Å². The largest absolute Gasteiger partial charge is 0.477 e. The number of nitrogen functional groups attached to an aromatic ring is 1. The zero-order valence-electron chi connectivity index (χ0n) is 17.2. The lowest BCUT2D eigenvalue weighted by molar-refractivity contribution is -0.150. The van der Waals surface area contributed by atoms with Crippen LogP contribution < -0.4 is 11.1 Å². The molecule has 13 heteroatoms. The molecule has 170 valence electrons. The van der Waals surface area contributed by atoms with Crippen molar-refractivity contribution in [3.05, 3.63) is 58.5 Å². The molecule has 0 saturated carbocycles. The number of carboxylic acid groups (broad SMARTS) is 1. The van der Waals surface area contributed by atoms with Crippen LogP contribution in [0.3, 0.4) is 0 Å². The SMILES string of the molecule is CON=C(C(=O)NC1C(=O)N2C(C(=O)O)=C(C=Cc3cccnc3)CS[C@@H]12)c1csc(N)n1. The van der Waals surface area contributed by atoms with E-state index in [1.54, 1.807) is 36.0 Å². The van der Waals surface area contributed by atoms with Crippen molar-refractivity contribution in [2.45, 2.75) is 11.4 Å². The molecule has 1 fully saturated rings. The number of hydrogen-bond acceptors (Lipinski definition) is 10. The van der Waals surface area contributed by atoms with E-state index in [-0.39, 0.29) is 22.2 Å². The van der Waals surface area contributed by atoms with E-state index in [1.807, 2.05) is 6.07 Å². The molecular formula is C20H18N6O5S2. The first-order valence-corrected chi connectivity index (χ1v) is 11.5. The van der Waals surface area contributed by atoms with E-state index in [4.69, 9.17) is 10.6 Å². The maximum absolute atomic E-state index is 12.8. The monoisotopic (exact) mass is 486 g/mol. The third-order valence-electron chi connectivity index (χ3n) is 4.81. The van der Waals surface area contributed by atoms with Crippen molar-refractivity contribution in [1.29, 1.82) is 0 Å². The van der Waals surface area contributed by atoms with E-state index in [9.17, 15) is 19.5 Å². The van der Waals surface area contributed by atoms with Gasteiger partial charge in [-0.15, -0.1) is 23.1 Å². The van der Waals surface area contributed by atoms with E-state index in [0.29, 0.717) is 11.3 Å². The van der Waals surface area contributed by atoms with Crippen LogP contribution in [0.15, 0.2) is 52.4 Å². The molecule has 0 spiro atoms. The Morgan fingerprint density at radius 2 is 2.24 bits per heavy atom. The van der Waals surface area contributed by atoms with Gasteiger partial charge in [0.2, 0.25) is 0 Å². The van der Waals surface area contributed by atoms with E-state index in [2.05, 4.69) is 20.4 Å². The molecule has 11 nitrogen and oxygen atoms in total. The van der Waals surface area contributed by atoms with Crippen LogP contribution >= 0.6 is 23.1 Å². The lowest BCUT2D eigenvalue weighted by Gasteiger charge is -2.49. The number of aliphatic carboxylic acids is 1. The Morgan fingerprint density at radius 1 is 1.42 bits per heavy atom. The number of β-lactam (4-membered cyclic amide) rings is 1. The van der Waals surface area contributed by atoms with Gasteiger partial charge in [-0.05, 0) is 17.2 Å². The topological polar surface area (TPSA) is 160 Å². The Labute approximate surface area is 196 Å². The van der Waals surface area contributed by atoms with Gasteiger partial charge in [0.05, 0.1) is 0 Å². The van der Waals surface area contributed by atoms with Gasteiger partial charge in [0.15, 0.2) is 10.8 Å². The molecule has 2 aromatic rings. The molecule has 2 atom stereocenters. The van der Waals surface area contributed by atoms with Gasteiger partial charge in [0.1, 0.15) is 29.9 Å². The number of fused-ring (bicyclic) bond motifs is 1. The molecule has 4 N–H and O–H groups in total. The molecule has 1 saturated heterocycles. The molecule has 1 unspecified atom stereocenters. The molecule has 0 aromatic carbocycles. The average Bonchev–Trinajstić information content (AvgIpc) is 3.25. The van der Waals surface area contributed by atoms with E-state index >= 15 is 0 Å². The zero-order chi connectivity index (χ0) is 23.5. The summed E-state index contributed by atoms with van der Waals surface area (Å²) >= 11 is 2.48. The summed E-state index contributed by atoms with van der Waals surface area (Å²) in [6.07, 6.45) is 6.69. The number of carboxylic acids is 1. The van der Waals surface area contributed by atoms with Gasteiger partial charge in [-0.2, -0.15) is 0 Å². The lowest BCUT2D eigenvalue weighted by atomic mass is 10.0. The van der Waals surface area contributed by atoms with Crippen molar-refractivity contribution >= 4 is 57.8 Å². The molecule has 4 rings (SSSR count). The highest BCUT2D eigenvalue weighted by atomic mass is 32.2. The smallest absolute Gasteiger partial charge is 0.352 e. The predicted octanol–water partition coefficient (Wildman–Crippen LogP) is 0.923. The number of carbonyl (C=O) groups excluding carboxylic acids is 2. The number of hydrogen-bond donors (Lipinski definition) is 3. The predicted molar refractivity (Wildman–Crippen MR) is 123 cm³/mol. The lowest BCUT2D eigenvalue weighted by Crippen LogP contribution is -2.71. The Morgan fingerprint density at radius 3 is 2.88 bits per heavy atom. The molecule has 0 aliphatic carbocycles. The number of pyridine rings is 1. The van der Waals surface area contributed by atoms with Crippen LogP contribution in [-0.4, -0.2) is 67.7 Å². The van der Waals surface area contributed by atoms with Crippen molar-refractivity contribution in [2.75, 3.05) is 18.6 Å². The minimum atomic E-state index is -1.22. The molecule has 2 aliphatic heterocycles. The Bertz CT molecular complexity index is 1190. The van der Waals surface area contributed by atoms with Crippen molar-refractivity contribution in [2.24, 2.45) is 5.16 Å². The number of carbonyl (C=O) groups is 3. The summed E-state index contributed by atoms with van der Waals surface area (Å²) < 4.78 is 0. The third-order valence-corrected chi connectivity index (χ3v) is 6.79. The van der Waals surface area contributed by atoms with Gasteiger partial charge in [-0.1, -0.05) is 23.4 Å². The highest BCUT2D eigenvalue weighted by molar-refractivity contribution is 8.00. The fourth-order valence-corrected chi connectivity index (χ4v) is 5.21. The average molecular weight is 487 g/mol. The quantitative estimate of drug-likeness (QED) is 0.294. The first-order valence-electron chi connectivity index (χ1n) is 9.53. The number of anilines is 1. The van der Waals surface area contributed by atoms with Crippen molar-refractivity contribution in [1.82, 2.24) is 20.2 Å². The summed E-state index contributed by atoms with van der Waals surface area (Å²) in [6, 6.07) is 2.68. The van der Waals surface area contributed by atoms with Crippen LogP contribution in [0.25, 0.3) is 6.08 Å². The van der Waals surface area contributed by atoms with Crippen molar-refractivity contribution in [3.63, 3.8) is 0 Å². The summed E-state index contributed by atoms with van der Waals surface area (Å²) in [6.45, 7) is 0. The molecule has 4 heterocycles. The molecule has 2 amide bonds. The fourth-order valence-electron chi connectivity index (χ4n) is 3.34. The first kappa shape index (κ1) is 22.5. The fraction of sp³-hybridized carbons (Fsp3) is 0.200. The van der Waals surface area contributed by atoms with Crippen LogP contribution in [0.2, 0.25) is 0 Å². The second-order valence-electron chi connectivity index (χ2n) is 6.85. The maximum atomic E-state index is 12.8. The number of amides is 2. The number of oxime groups is 1. The van der Waals surface area contributed by atoms with Gasteiger partial charge in [0.25, 0.3) is 11.8 Å². The second kappa shape index (κ2) is 9.42. The van der Waals surface area contributed by atoms with Gasteiger partial charge >= 0.3 is 5.97 Å². The molecule has 33 heavy (non-hydrogen) atoms. The normalized spacial score (nSPS) is 20.5. The molecule has 2 aliphatic rings. The van der Waals surface area contributed by atoms with Gasteiger partial charge in [-0.25, -0.2) is 9.78 Å². The van der Waals surface area contributed by atoms with Crippen LogP contribution in [-0.2, 0) is 19.2 Å². The minimum Gasteiger partial charge on any atom is -0.477 e. The maximum Gasteiger partial charge on any atom is 0.352 e. The van der Waals surface area contributed by atoms with Gasteiger partial charge < -0.3 is 21.0 Å². The van der Waals surface area contributed by atoms with Gasteiger partial charge in [0, 0.05) is 23.5 Å². The van der Waals surface area contributed by atoms with E-state index < -0.39 is 29.2 Å². The molecule has 0 radical (unpaired) electrons. The molecular weight excluding hydrogens is 468 g/mol. The van der Waals surface area contributed by atoms with Gasteiger partial charge in [-0.3, -0.25) is 19.5 Å². The number of rotatable bonds is 7. The minimum absolute atomic E-state index is 0.104. The number of thioether (sulfide) groups is 1. The summed E-state index contributed by atoms with van der Waals surface area (Å²) in [5, 5.41) is 17.3. The van der Waals surface area contributed by atoms with Crippen LogP contribution in [0.5, 0.6) is 0 Å². The number of nitrogens with one attached hydrogen (secondary N) is 1. The number of nitrogens with two attached hydrogens (primary N) is 1. The number of thiazole rings is 1. The summed E-state index contributed by atoms with van der Waals surface area (Å²) in [7, 11) is 1.28. The van der Waals surface area contributed by atoms with Crippen molar-refractivity contribution in [3.8, 4) is 0 Å². The van der Waals surface area contributed by atoms with Crippen molar-refractivity contribution < 1.29 is 24.3 Å². The first-order chi connectivity index (χ1) is 15.9. The highest BCUT2D eigenvalue weighted by Gasteiger charge is 2.54. The number of aromatic nitrogens is 2. The standard InChI is InChI=1S/C20H18N6O5S2/c1-31-25-13(12-9-33-20(21)23-12)16(27)24-14-17(28)26-15(19(29)30)11(8-32-18(14)26)5-4-10-3-2-6-22-7-10/h2-7,9,14,18H,8H2,1H3,(H2,21,23)(H,24,27)(H,29,30)/t14?,18-/m0/s1. The highest BCUT2D eigenvalue weighted by Crippen LogP contribution is 2.40. The van der Waals surface area contributed by atoms with Crippen LogP contribution in [0.1, 0.15) is 11.3 Å². The summed E-state index contributed by atoms with van der Waals surface area (Å²) in [5.74, 6) is -2.08. The van der Waals surface area contributed by atoms with E-state index in [0.717, 1.165) is 16.9 Å². The van der Waals surface area contributed by atoms with Crippen LogP contribution in [0, 0.1) is 0 Å². The Kier molecular flexibility index (Phi) is 6.42. The number of allylic oxidation sites excluding steroid dienone is 1. The number of nitrogens with zero attached hydrogens (tertiary/aromatic N) is 4. The summed E-state index contributed by atoms with van der Waals surface area (Å²) in [5.41, 5.74) is 6.89. The second-order valence-corrected chi connectivity index (χ2v) is 8.85. The van der Waals surface area contributed by atoms with E-state index in [1.165, 1.54) is 23.8 Å². The third kappa shape index (κ3) is 4.45. The Balaban J connectivity index is 1.53. The Hall–Kier alpha value is -3.71. The molecule has 0 bridgehead atoms. The summed E-state index contributed by atoms with van der Waals surface area (Å²) in [4.78, 5) is 51.6. The molecule has 2 aromatic heterocycles. The zero-order valence-corrected chi connectivity index (χ0v) is 18.8.